The van der Waals surface area contributed by atoms with E-state index in [1.807, 2.05) is 23.7 Å². The number of rotatable bonds is 5. The molecule has 0 saturated heterocycles. The lowest BCUT2D eigenvalue weighted by atomic mass is 10.2. The summed E-state index contributed by atoms with van der Waals surface area (Å²) in [4.78, 5) is 16.3. The molecule has 0 saturated carbocycles. The summed E-state index contributed by atoms with van der Waals surface area (Å²) in [5.41, 5.74) is 1.32. The first-order chi connectivity index (χ1) is 12.5. The van der Waals surface area contributed by atoms with Gasteiger partial charge >= 0.3 is 0 Å². The molecular weight excluding hydrogens is 377 g/mol. The van der Waals surface area contributed by atoms with Crippen molar-refractivity contribution in [2.75, 3.05) is 5.32 Å². The Labute approximate surface area is 158 Å². The molecule has 3 rings (SSSR count). The molecule has 6 nitrogen and oxygen atoms in total. The molecule has 1 N–H and O–H groups in total. The first kappa shape index (κ1) is 18.3. The Kier molecular flexibility index (Phi) is 5.53. The van der Waals surface area contributed by atoms with Gasteiger partial charge in [0.1, 0.15) is 5.82 Å². The smallest absolute Gasteiger partial charge is 0.237 e. The number of carbonyl (C=O) groups is 1. The predicted molar refractivity (Wildman–Crippen MR) is 99.6 cm³/mol. The monoisotopic (exact) mass is 391 g/mol. The third kappa shape index (κ3) is 4.03. The van der Waals surface area contributed by atoms with E-state index >= 15 is 0 Å². The molecule has 0 bridgehead atoms. The Balaban J connectivity index is 1.69. The van der Waals surface area contributed by atoms with Gasteiger partial charge in [0, 0.05) is 30.7 Å². The molecule has 9 heteroatoms. The molecule has 1 atom stereocenters. The first-order valence-corrected chi connectivity index (χ1v) is 8.94. The van der Waals surface area contributed by atoms with Gasteiger partial charge in [0.2, 0.25) is 5.91 Å². The van der Waals surface area contributed by atoms with Crippen LogP contribution in [-0.2, 0) is 11.8 Å². The topological polar surface area (TPSA) is 72.7 Å². The number of benzene rings is 1. The molecule has 0 aliphatic heterocycles. The van der Waals surface area contributed by atoms with Crippen molar-refractivity contribution >= 4 is 35.0 Å². The highest BCUT2D eigenvalue weighted by atomic mass is 35.5. The van der Waals surface area contributed by atoms with Gasteiger partial charge in [-0.2, -0.15) is 0 Å². The average molecular weight is 392 g/mol. The number of hydrogen-bond acceptors (Lipinski definition) is 5. The Morgan fingerprint density at radius 1 is 1.27 bits per heavy atom. The second kappa shape index (κ2) is 7.84. The summed E-state index contributed by atoms with van der Waals surface area (Å²) in [6, 6.07) is 7.72. The summed E-state index contributed by atoms with van der Waals surface area (Å²) in [5, 5.41) is 11.2. The van der Waals surface area contributed by atoms with Crippen LogP contribution in [0, 0.1) is 5.82 Å². The normalized spacial score (nSPS) is 12.0. The van der Waals surface area contributed by atoms with Gasteiger partial charge in [-0.05, 0) is 37.3 Å². The summed E-state index contributed by atoms with van der Waals surface area (Å²) in [5.74, 6) is -0.0891. The van der Waals surface area contributed by atoms with Crippen LogP contribution in [0.5, 0.6) is 0 Å². The van der Waals surface area contributed by atoms with E-state index in [4.69, 9.17) is 11.6 Å². The van der Waals surface area contributed by atoms with Crippen LogP contribution in [0.15, 0.2) is 47.9 Å². The first-order valence-electron chi connectivity index (χ1n) is 7.68. The minimum absolute atomic E-state index is 0.0431. The van der Waals surface area contributed by atoms with Gasteiger partial charge in [-0.3, -0.25) is 9.78 Å². The van der Waals surface area contributed by atoms with E-state index in [1.165, 1.54) is 30.0 Å². The molecular formula is C17H15ClFN5OS. The molecule has 2 aromatic heterocycles. The standard InChI is InChI=1S/C17H15ClFN5OS/c1-10(16(25)21-12-3-4-14(19)13(18)9-12)26-17-23-22-15(24(17)2)11-5-7-20-8-6-11/h3-10H,1-2H3,(H,21,25)/t10-/m1/s1. The zero-order chi connectivity index (χ0) is 18.7. The van der Waals surface area contributed by atoms with Gasteiger partial charge in [-0.1, -0.05) is 23.4 Å². The number of pyridine rings is 1. The zero-order valence-electron chi connectivity index (χ0n) is 14.0. The highest BCUT2D eigenvalue weighted by Crippen LogP contribution is 2.26. The minimum Gasteiger partial charge on any atom is -0.325 e. The van der Waals surface area contributed by atoms with E-state index in [0.29, 0.717) is 16.7 Å². The Hall–Kier alpha value is -2.45. The number of halogens is 2. The Morgan fingerprint density at radius 2 is 2.00 bits per heavy atom. The zero-order valence-corrected chi connectivity index (χ0v) is 15.6. The van der Waals surface area contributed by atoms with Crippen molar-refractivity contribution in [1.29, 1.82) is 0 Å². The number of nitrogens with one attached hydrogen (secondary N) is 1. The van der Waals surface area contributed by atoms with Crippen LogP contribution in [0.25, 0.3) is 11.4 Å². The SMILES string of the molecule is C[C@@H](Sc1nnc(-c2ccncc2)n1C)C(=O)Nc1ccc(F)c(Cl)c1. The van der Waals surface area contributed by atoms with Crippen LogP contribution < -0.4 is 5.32 Å². The fourth-order valence-electron chi connectivity index (χ4n) is 2.20. The van der Waals surface area contributed by atoms with Crippen LogP contribution >= 0.6 is 23.4 Å². The van der Waals surface area contributed by atoms with Crippen molar-refractivity contribution in [1.82, 2.24) is 19.7 Å². The molecule has 0 radical (unpaired) electrons. The molecule has 0 aliphatic carbocycles. The number of nitrogens with zero attached hydrogens (tertiary/aromatic N) is 4. The lowest BCUT2D eigenvalue weighted by molar-refractivity contribution is -0.115. The highest BCUT2D eigenvalue weighted by Gasteiger charge is 2.19. The lowest BCUT2D eigenvalue weighted by Crippen LogP contribution is -2.22. The van der Waals surface area contributed by atoms with E-state index in [0.717, 1.165) is 5.56 Å². The molecule has 0 fully saturated rings. The number of amides is 1. The largest absolute Gasteiger partial charge is 0.325 e. The van der Waals surface area contributed by atoms with E-state index in [1.54, 1.807) is 19.3 Å². The summed E-state index contributed by atoms with van der Waals surface area (Å²) in [6.45, 7) is 1.76. The fourth-order valence-corrected chi connectivity index (χ4v) is 3.19. The van der Waals surface area contributed by atoms with Crippen LogP contribution in [0.4, 0.5) is 10.1 Å². The number of carbonyl (C=O) groups excluding carboxylic acids is 1. The fraction of sp³-hybridized carbons (Fsp3) is 0.176. The molecule has 1 aromatic carbocycles. The van der Waals surface area contributed by atoms with E-state index < -0.39 is 11.1 Å². The number of aromatic nitrogens is 4. The van der Waals surface area contributed by atoms with Crippen molar-refractivity contribution < 1.29 is 9.18 Å². The summed E-state index contributed by atoms with van der Waals surface area (Å²) in [6.07, 6.45) is 3.36. The van der Waals surface area contributed by atoms with Crippen molar-refractivity contribution in [3.05, 3.63) is 53.6 Å². The third-order valence-corrected chi connectivity index (χ3v) is 5.04. The van der Waals surface area contributed by atoms with E-state index in [2.05, 4.69) is 20.5 Å². The maximum atomic E-state index is 13.2. The molecule has 26 heavy (non-hydrogen) atoms. The van der Waals surface area contributed by atoms with Crippen molar-refractivity contribution in [3.63, 3.8) is 0 Å². The van der Waals surface area contributed by atoms with E-state index in [-0.39, 0.29) is 10.9 Å². The Morgan fingerprint density at radius 3 is 2.69 bits per heavy atom. The molecule has 3 aromatic rings. The van der Waals surface area contributed by atoms with Crippen LogP contribution in [0.3, 0.4) is 0 Å². The van der Waals surface area contributed by atoms with Crippen molar-refractivity contribution in [3.8, 4) is 11.4 Å². The summed E-state index contributed by atoms with van der Waals surface area (Å²) in [7, 11) is 1.84. The van der Waals surface area contributed by atoms with Crippen molar-refractivity contribution in [2.45, 2.75) is 17.3 Å². The quantitative estimate of drug-likeness (QED) is 0.670. The van der Waals surface area contributed by atoms with Crippen LogP contribution in [0.1, 0.15) is 6.92 Å². The Bertz CT molecular complexity index is 934. The molecule has 0 aliphatic rings. The van der Waals surface area contributed by atoms with Crippen molar-refractivity contribution in [2.24, 2.45) is 7.05 Å². The molecule has 2 heterocycles. The van der Waals surface area contributed by atoms with E-state index in [9.17, 15) is 9.18 Å². The van der Waals surface area contributed by atoms with Gasteiger partial charge < -0.3 is 9.88 Å². The number of hydrogen-bond donors (Lipinski definition) is 1. The van der Waals surface area contributed by atoms with Gasteiger partial charge in [0.15, 0.2) is 11.0 Å². The molecule has 0 unspecified atom stereocenters. The molecule has 0 spiro atoms. The molecule has 1 amide bonds. The third-order valence-electron chi connectivity index (χ3n) is 3.61. The number of thioether (sulfide) groups is 1. The van der Waals surface area contributed by atoms with Gasteiger partial charge in [0.25, 0.3) is 0 Å². The minimum atomic E-state index is -0.533. The second-order valence-electron chi connectivity index (χ2n) is 5.48. The maximum absolute atomic E-state index is 13.2. The summed E-state index contributed by atoms with van der Waals surface area (Å²) < 4.78 is 15.0. The molecule has 134 valence electrons. The highest BCUT2D eigenvalue weighted by molar-refractivity contribution is 8.00. The average Bonchev–Trinajstić information content (AvgIpc) is 2.99. The van der Waals surface area contributed by atoms with Gasteiger partial charge in [-0.15, -0.1) is 10.2 Å². The number of anilines is 1. The van der Waals surface area contributed by atoms with Crippen LogP contribution in [-0.4, -0.2) is 30.9 Å². The van der Waals surface area contributed by atoms with Gasteiger partial charge in [-0.25, -0.2) is 4.39 Å². The van der Waals surface area contributed by atoms with Crippen LogP contribution in [0.2, 0.25) is 5.02 Å². The summed E-state index contributed by atoms with van der Waals surface area (Å²) >= 11 is 7.01. The lowest BCUT2D eigenvalue weighted by Gasteiger charge is -2.12. The second-order valence-corrected chi connectivity index (χ2v) is 7.19. The predicted octanol–water partition coefficient (Wildman–Crippen LogP) is 3.79. The maximum Gasteiger partial charge on any atom is 0.237 e. The van der Waals surface area contributed by atoms with Gasteiger partial charge in [0.05, 0.1) is 10.3 Å².